The second kappa shape index (κ2) is 6.32. The second-order valence-corrected chi connectivity index (χ2v) is 6.25. The first-order chi connectivity index (χ1) is 10.2. The molecule has 1 aromatic rings. The van der Waals surface area contributed by atoms with E-state index in [9.17, 15) is 0 Å². The van der Waals surface area contributed by atoms with E-state index in [0.29, 0.717) is 6.04 Å². The van der Waals surface area contributed by atoms with Crippen LogP contribution >= 0.6 is 0 Å². The summed E-state index contributed by atoms with van der Waals surface area (Å²) in [6, 6.07) is 8.75. The predicted molar refractivity (Wildman–Crippen MR) is 84.1 cm³/mol. The molecule has 3 saturated heterocycles. The molecule has 3 aliphatic rings. The number of hydrazine groups is 1. The molecule has 116 valence electrons. The van der Waals surface area contributed by atoms with Gasteiger partial charge >= 0.3 is 0 Å². The van der Waals surface area contributed by atoms with Crippen molar-refractivity contribution in [2.24, 2.45) is 5.84 Å². The lowest BCUT2D eigenvalue weighted by Crippen LogP contribution is -2.64. The van der Waals surface area contributed by atoms with Crippen molar-refractivity contribution >= 4 is 0 Å². The normalized spacial score (nSPS) is 29.6. The van der Waals surface area contributed by atoms with Crippen LogP contribution in [0, 0.1) is 0 Å². The third-order valence-corrected chi connectivity index (χ3v) is 4.50. The predicted octanol–water partition coefficient (Wildman–Crippen LogP) is 0.978. The largest absolute Gasteiger partial charge is 0.491 e. The van der Waals surface area contributed by atoms with Crippen LogP contribution in [0.25, 0.3) is 0 Å². The zero-order valence-corrected chi connectivity index (χ0v) is 13.0. The molecule has 3 N–H and O–H groups in total. The van der Waals surface area contributed by atoms with Crippen LogP contribution in [0.2, 0.25) is 0 Å². The highest BCUT2D eigenvalue weighted by Crippen LogP contribution is 2.32. The Morgan fingerprint density at radius 1 is 1.19 bits per heavy atom. The van der Waals surface area contributed by atoms with E-state index in [0.717, 1.165) is 30.9 Å². The van der Waals surface area contributed by atoms with Gasteiger partial charge in [-0.2, -0.15) is 0 Å². The molecular formula is C16H26N4O. The Hall–Kier alpha value is -1.14. The molecule has 5 nitrogen and oxygen atoms in total. The van der Waals surface area contributed by atoms with Crippen molar-refractivity contribution in [3.63, 3.8) is 0 Å². The number of piperazine rings is 3. The first kappa shape index (κ1) is 14.8. The average Bonchev–Trinajstić information content (AvgIpc) is 2.50. The second-order valence-electron chi connectivity index (χ2n) is 6.25. The van der Waals surface area contributed by atoms with Crippen LogP contribution in [0.3, 0.4) is 0 Å². The van der Waals surface area contributed by atoms with Gasteiger partial charge in [-0.15, -0.1) is 0 Å². The number of nitrogens with two attached hydrogens (primary N) is 1. The summed E-state index contributed by atoms with van der Waals surface area (Å²) in [5.74, 6) is 6.85. The van der Waals surface area contributed by atoms with E-state index in [2.05, 4.69) is 41.2 Å². The van der Waals surface area contributed by atoms with Gasteiger partial charge in [-0.25, -0.2) is 0 Å². The molecule has 4 rings (SSSR count). The highest BCUT2D eigenvalue weighted by atomic mass is 16.5. The summed E-state index contributed by atoms with van der Waals surface area (Å²) in [6.07, 6.45) is 0.163. The van der Waals surface area contributed by atoms with Gasteiger partial charge in [0.2, 0.25) is 0 Å². The summed E-state index contributed by atoms with van der Waals surface area (Å²) in [5.41, 5.74) is 4.20. The summed E-state index contributed by atoms with van der Waals surface area (Å²) in [5, 5.41) is 0. The van der Waals surface area contributed by atoms with Gasteiger partial charge in [0, 0.05) is 44.3 Å². The standard InChI is InChI=1S/C16H26N4O/c1-12(2)21-15-6-4-3-5-13(15)16(18-17)14-11-19-7-9-20(14)10-8-19/h3-6,12,14,16,18H,7-11,17H2,1-2H3. The first-order valence-corrected chi connectivity index (χ1v) is 7.87. The molecular weight excluding hydrogens is 264 g/mol. The molecule has 1 aromatic carbocycles. The van der Waals surface area contributed by atoms with Gasteiger partial charge in [0.05, 0.1) is 12.1 Å². The fraction of sp³-hybridized carbons (Fsp3) is 0.625. The number of fused-ring (bicyclic) bond motifs is 3. The average molecular weight is 290 g/mol. The van der Waals surface area contributed by atoms with Crippen LogP contribution in [0.5, 0.6) is 5.75 Å². The number of ether oxygens (including phenoxy) is 1. The van der Waals surface area contributed by atoms with Crippen LogP contribution in [-0.2, 0) is 0 Å². The minimum Gasteiger partial charge on any atom is -0.491 e. The van der Waals surface area contributed by atoms with Crippen molar-refractivity contribution in [3.8, 4) is 5.75 Å². The smallest absolute Gasteiger partial charge is 0.124 e. The number of benzene rings is 1. The fourth-order valence-corrected chi connectivity index (χ4v) is 3.48. The minimum absolute atomic E-state index is 0.100. The number of hydrogen-bond donors (Lipinski definition) is 2. The number of rotatable bonds is 5. The van der Waals surface area contributed by atoms with Crippen LogP contribution in [-0.4, -0.2) is 54.7 Å². The molecule has 2 atom stereocenters. The molecule has 0 radical (unpaired) electrons. The molecule has 3 aliphatic heterocycles. The molecule has 0 saturated carbocycles. The van der Waals surface area contributed by atoms with Crippen LogP contribution in [0.1, 0.15) is 25.5 Å². The molecule has 5 heteroatoms. The van der Waals surface area contributed by atoms with Crippen molar-refractivity contribution in [1.29, 1.82) is 0 Å². The van der Waals surface area contributed by atoms with Gasteiger partial charge < -0.3 is 4.74 Å². The van der Waals surface area contributed by atoms with E-state index < -0.39 is 0 Å². The van der Waals surface area contributed by atoms with E-state index in [-0.39, 0.29) is 12.1 Å². The lowest BCUT2D eigenvalue weighted by molar-refractivity contribution is -0.00419. The van der Waals surface area contributed by atoms with Crippen molar-refractivity contribution in [3.05, 3.63) is 29.8 Å². The lowest BCUT2D eigenvalue weighted by Gasteiger charge is -2.50. The highest BCUT2D eigenvalue weighted by Gasteiger charge is 2.37. The Kier molecular flexibility index (Phi) is 4.45. The fourth-order valence-electron chi connectivity index (χ4n) is 3.48. The summed E-state index contributed by atoms with van der Waals surface area (Å²) < 4.78 is 5.97. The Labute approximate surface area is 127 Å². The van der Waals surface area contributed by atoms with E-state index in [1.54, 1.807) is 0 Å². The maximum atomic E-state index is 5.97. The van der Waals surface area contributed by atoms with Gasteiger partial charge in [-0.3, -0.25) is 21.1 Å². The molecule has 2 bridgehead atoms. The van der Waals surface area contributed by atoms with E-state index in [1.807, 2.05) is 12.1 Å². The Morgan fingerprint density at radius 3 is 2.48 bits per heavy atom. The topological polar surface area (TPSA) is 53.8 Å². The molecule has 0 aliphatic carbocycles. The Bertz CT molecular complexity index is 471. The quantitative estimate of drug-likeness (QED) is 0.625. The van der Waals surface area contributed by atoms with Crippen LogP contribution in [0.15, 0.2) is 24.3 Å². The number of nitrogens with zero attached hydrogens (tertiary/aromatic N) is 2. The van der Waals surface area contributed by atoms with Crippen LogP contribution in [0.4, 0.5) is 0 Å². The van der Waals surface area contributed by atoms with E-state index in [1.165, 1.54) is 13.1 Å². The third kappa shape index (κ3) is 3.06. The zero-order valence-electron chi connectivity index (χ0n) is 13.0. The Morgan fingerprint density at radius 2 is 1.90 bits per heavy atom. The van der Waals surface area contributed by atoms with Crippen molar-refractivity contribution in [1.82, 2.24) is 15.2 Å². The number of nitrogens with one attached hydrogen (secondary N) is 1. The van der Waals surface area contributed by atoms with Crippen molar-refractivity contribution < 1.29 is 4.74 Å². The number of para-hydroxylation sites is 1. The molecule has 0 aromatic heterocycles. The zero-order chi connectivity index (χ0) is 14.8. The molecule has 3 fully saturated rings. The first-order valence-electron chi connectivity index (χ1n) is 7.87. The highest BCUT2D eigenvalue weighted by molar-refractivity contribution is 5.37. The van der Waals surface area contributed by atoms with Gasteiger partial charge in [-0.1, -0.05) is 18.2 Å². The summed E-state index contributed by atoms with van der Waals surface area (Å²) in [7, 11) is 0. The molecule has 21 heavy (non-hydrogen) atoms. The monoisotopic (exact) mass is 290 g/mol. The minimum atomic E-state index is 0.100. The van der Waals surface area contributed by atoms with E-state index in [4.69, 9.17) is 10.6 Å². The number of hydrogen-bond acceptors (Lipinski definition) is 5. The van der Waals surface area contributed by atoms with Gasteiger partial charge in [-0.05, 0) is 19.9 Å². The molecule has 0 amide bonds. The van der Waals surface area contributed by atoms with Crippen LogP contribution < -0.4 is 16.0 Å². The summed E-state index contributed by atoms with van der Waals surface area (Å²) >= 11 is 0. The van der Waals surface area contributed by atoms with Gasteiger partial charge in [0.25, 0.3) is 0 Å². The van der Waals surface area contributed by atoms with E-state index >= 15 is 0 Å². The summed E-state index contributed by atoms with van der Waals surface area (Å²) in [6.45, 7) is 9.81. The molecule has 3 heterocycles. The SMILES string of the molecule is CC(C)Oc1ccccc1C(NN)C1CN2CCN1CC2. The maximum Gasteiger partial charge on any atom is 0.124 e. The molecule has 0 spiro atoms. The van der Waals surface area contributed by atoms with Gasteiger partial charge in [0.1, 0.15) is 5.75 Å². The molecule has 2 unspecified atom stereocenters. The summed E-state index contributed by atoms with van der Waals surface area (Å²) in [4.78, 5) is 5.08. The maximum absolute atomic E-state index is 5.97. The third-order valence-electron chi connectivity index (χ3n) is 4.50. The van der Waals surface area contributed by atoms with Gasteiger partial charge in [0.15, 0.2) is 0 Å². The van der Waals surface area contributed by atoms with Crippen molar-refractivity contribution in [2.45, 2.75) is 32.0 Å². The van der Waals surface area contributed by atoms with Crippen molar-refractivity contribution in [2.75, 3.05) is 32.7 Å². The Balaban J connectivity index is 1.86. The lowest BCUT2D eigenvalue weighted by atomic mass is 9.94.